The van der Waals surface area contributed by atoms with Crippen LogP contribution in [-0.2, 0) is 27.9 Å². The highest BCUT2D eigenvalue weighted by atomic mass is 32.2. The monoisotopic (exact) mass is 348 g/mol. The molecule has 128 valence electrons. The summed E-state index contributed by atoms with van der Waals surface area (Å²) in [5, 5.41) is 0.244. The molecule has 3 nitrogen and oxygen atoms in total. The summed E-state index contributed by atoms with van der Waals surface area (Å²) in [6.45, 7) is 1.83. The third-order valence-electron chi connectivity index (χ3n) is 4.09. The summed E-state index contributed by atoms with van der Waals surface area (Å²) in [5.74, 6) is 1.07. The largest absolute Gasteiger partial charge is 0.489 e. The molecule has 3 rings (SSSR count). The lowest BCUT2D eigenvalue weighted by Gasteiger charge is -2.21. The lowest BCUT2D eigenvalue weighted by molar-refractivity contribution is 0.0992. The fourth-order valence-electron chi connectivity index (χ4n) is 2.65. The van der Waals surface area contributed by atoms with Crippen LogP contribution in [0.15, 0.2) is 48.5 Å². The highest BCUT2D eigenvalue weighted by Crippen LogP contribution is 2.19. The maximum Gasteiger partial charge on any atom is 0.123 e. The van der Waals surface area contributed by atoms with Crippen LogP contribution < -0.4 is 4.74 Å². The van der Waals surface area contributed by atoms with Crippen molar-refractivity contribution in [1.82, 2.24) is 0 Å². The second kappa shape index (κ2) is 8.40. The highest BCUT2D eigenvalue weighted by Gasteiger charge is 2.20. The standard InChI is InChI=1S/C19H21FO3S/c20-17-5-1-15(2-6-17)13-23-18-7-3-16(4-8-18)14-24(21)19-9-11-22-12-10-19/h1-8,19H,9-14H2/t24-/m0/s1. The van der Waals surface area contributed by atoms with E-state index in [0.29, 0.717) is 25.6 Å². The van der Waals surface area contributed by atoms with Gasteiger partial charge in [0.1, 0.15) is 18.2 Å². The molecule has 0 bridgehead atoms. The predicted molar refractivity (Wildman–Crippen MR) is 92.9 cm³/mol. The maximum atomic E-state index is 12.9. The Labute approximate surface area is 144 Å². The Morgan fingerprint density at radius 2 is 1.62 bits per heavy atom. The number of halogens is 1. The van der Waals surface area contributed by atoms with Crippen LogP contribution in [0.25, 0.3) is 0 Å². The fraction of sp³-hybridized carbons (Fsp3) is 0.368. The van der Waals surface area contributed by atoms with Gasteiger partial charge in [-0.25, -0.2) is 4.39 Å². The van der Waals surface area contributed by atoms with Crippen molar-refractivity contribution in [3.05, 3.63) is 65.5 Å². The van der Waals surface area contributed by atoms with Gasteiger partial charge in [-0.1, -0.05) is 24.3 Å². The lowest BCUT2D eigenvalue weighted by Crippen LogP contribution is -2.25. The van der Waals surface area contributed by atoms with Crippen LogP contribution in [0.4, 0.5) is 4.39 Å². The van der Waals surface area contributed by atoms with Gasteiger partial charge in [0.15, 0.2) is 0 Å². The summed E-state index contributed by atoms with van der Waals surface area (Å²) >= 11 is 0. The van der Waals surface area contributed by atoms with Gasteiger partial charge in [-0.15, -0.1) is 0 Å². The first-order chi connectivity index (χ1) is 11.7. The third-order valence-corrected chi connectivity index (χ3v) is 5.92. The van der Waals surface area contributed by atoms with E-state index in [4.69, 9.17) is 9.47 Å². The molecule has 1 aliphatic heterocycles. The first kappa shape index (κ1) is 17.1. The second-order valence-electron chi connectivity index (χ2n) is 5.90. The summed E-state index contributed by atoms with van der Waals surface area (Å²) in [4.78, 5) is 0. The average Bonchev–Trinajstić information content (AvgIpc) is 2.63. The molecule has 0 aliphatic carbocycles. The van der Waals surface area contributed by atoms with Gasteiger partial charge in [0.25, 0.3) is 0 Å². The molecule has 1 fully saturated rings. The number of benzene rings is 2. The van der Waals surface area contributed by atoms with E-state index in [9.17, 15) is 8.60 Å². The van der Waals surface area contributed by atoms with Crippen molar-refractivity contribution >= 4 is 10.8 Å². The van der Waals surface area contributed by atoms with E-state index in [1.165, 1.54) is 12.1 Å². The Morgan fingerprint density at radius 3 is 2.29 bits per heavy atom. The van der Waals surface area contributed by atoms with Crippen LogP contribution in [0.2, 0.25) is 0 Å². The molecule has 1 heterocycles. The summed E-state index contributed by atoms with van der Waals surface area (Å²) in [6.07, 6.45) is 1.76. The van der Waals surface area contributed by atoms with E-state index in [-0.39, 0.29) is 11.1 Å². The molecule has 2 aromatic rings. The fourth-order valence-corrected chi connectivity index (χ4v) is 4.13. The van der Waals surface area contributed by atoms with E-state index < -0.39 is 10.8 Å². The number of ether oxygens (including phenoxy) is 2. The zero-order valence-corrected chi connectivity index (χ0v) is 14.3. The van der Waals surface area contributed by atoms with Gasteiger partial charge in [-0.3, -0.25) is 4.21 Å². The van der Waals surface area contributed by atoms with Crippen molar-refractivity contribution < 1.29 is 18.1 Å². The van der Waals surface area contributed by atoms with E-state index in [1.54, 1.807) is 12.1 Å². The number of hydrogen-bond donors (Lipinski definition) is 0. The van der Waals surface area contributed by atoms with Crippen molar-refractivity contribution in [2.45, 2.75) is 30.5 Å². The van der Waals surface area contributed by atoms with Crippen molar-refractivity contribution in [3.63, 3.8) is 0 Å². The number of hydrogen-bond acceptors (Lipinski definition) is 3. The molecule has 5 heteroatoms. The Hall–Kier alpha value is -1.72. The Morgan fingerprint density at radius 1 is 1.00 bits per heavy atom. The van der Waals surface area contributed by atoms with E-state index in [0.717, 1.165) is 29.7 Å². The molecule has 0 aromatic heterocycles. The number of rotatable bonds is 6. The van der Waals surface area contributed by atoms with Gasteiger partial charge in [-0.05, 0) is 48.2 Å². The van der Waals surface area contributed by atoms with Crippen molar-refractivity contribution in [1.29, 1.82) is 0 Å². The zero-order chi connectivity index (χ0) is 16.8. The first-order valence-electron chi connectivity index (χ1n) is 8.12. The molecule has 0 amide bonds. The first-order valence-corrected chi connectivity index (χ1v) is 9.50. The highest BCUT2D eigenvalue weighted by molar-refractivity contribution is 7.84. The maximum absolute atomic E-state index is 12.9. The molecule has 1 aliphatic rings. The molecule has 0 radical (unpaired) electrons. The van der Waals surface area contributed by atoms with Crippen LogP contribution in [0, 0.1) is 5.82 Å². The van der Waals surface area contributed by atoms with E-state index >= 15 is 0 Å². The van der Waals surface area contributed by atoms with E-state index in [1.807, 2.05) is 24.3 Å². The lowest BCUT2D eigenvalue weighted by atomic mass is 10.2. The third kappa shape index (κ3) is 4.89. The van der Waals surface area contributed by atoms with Crippen molar-refractivity contribution in [2.24, 2.45) is 0 Å². The van der Waals surface area contributed by atoms with Crippen LogP contribution >= 0.6 is 0 Å². The summed E-state index contributed by atoms with van der Waals surface area (Å²) in [7, 11) is -0.856. The van der Waals surface area contributed by atoms with Gasteiger partial charge in [0.05, 0.1) is 0 Å². The topological polar surface area (TPSA) is 35.5 Å². The Bertz CT molecular complexity index is 664. The molecule has 0 unspecified atom stereocenters. The van der Waals surface area contributed by atoms with Gasteiger partial charge in [0.2, 0.25) is 0 Å². The summed E-state index contributed by atoms with van der Waals surface area (Å²) in [6, 6.07) is 14.0. The van der Waals surface area contributed by atoms with Crippen LogP contribution in [0.3, 0.4) is 0 Å². The molecule has 1 saturated heterocycles. The predicted octanol–water partition coefficient (Wildman–Crippen LogP) is 3.83. The molecule has 0 N–H and O–H groups in total. The molecule has 24 heavy (non-hydrogen) atoms. The SMILES string of the molecule is O=[S@@](Cc1ccc(OCc2ccc(F)cc2)cc1)C1CCOCC1. The molecule has 2 aromatic carbocycles. The normalized spacial score (nSPS) is 16.7. The minimum atomic E-state index is -0.856. The molecule has 0 saturated carbocycles. The van der Waals surface area contributed by atoms with Crippen LogP contribution in [0.1, 0.15) is 24.0 Å². The van der Waals surface area contributed by atoms with E-state index in [2.05, 4.69) is 0 Å². The zero-order valence-electron chi connectivity index (χ0n) is 13.4. The van der Waals surface area contributed by atoms with Gasteiger partial charge in [-0.2, -0.15) is 0 Å². The summed E-state index contributed by atoms with van der Waals surface area (Å²) in [5.41, 5.74) is 1.97. The molecule has 0 spiro atoms. The Kier molecular flexibility index (Phi) is 5.99. The average molecular weight is 348 g/mol. The minimum Gasteiger partial charge on any atom is -0.489 e. The second-order valence-corrected chi connectivity index (χ2v) is 7.61. The van der Waals surface area contributed by atoms with Gasteiger partial charge in [0, 0.05) is 35.0 Å². The Balaban J connectivity index is 1.51. The van der Waals surface area contributed by atoms with Crippen LogP contribution in [0.5, 0.6) is 5.75 Å². The molecular weight excluding hydrogens is 327 g/mol. The molecular formula is C19H21FO3S. The smallest absolute Gasteiger partial charge is 0.123 e. The van der Waals surface area contributed by atoms with Gasteiger partial charge >= 0.3 is 0 Å². The minimum absolute atomic E-state index is 0.244. The quantitative estimate of drug-likeness (QED) is 0.796. The van der Waals surface area contributed by atoms with Crippen molar-refractivity contribution in [3.8, 4) is 5.75 Å². The summed E-state index contributed by atoms with van der Waals surface area (Å²) < 4.78 is 36.3. The van der Waals surface area contributed by atoms with Crippen molar-refractivity contribution in [2.75, 3.05) is 13.2 Å². The molecule has 1 atom stereocenters. The van der Waals surface area contributed by atoms with Gasteiger partial charge < -0.3 is 9.47 Å². The van der Waals surface area contributed by atoms with Crippen LogP contribution in [-0.4, -0.2) is 22.7 Å².